The second kappa shape index (κ2) is 8.53. The molecule has 0 fully saturated rings. The normalized spacial score (nSPS) is 12.3. The molecule has 4 nitrogen and oxygen atoms in total. The molecular weight excluding hydrogens is 322 g/mol. The average molecular weight is 340 g/mol. The first kappa shape index (κ1) is 16.4. The Morgan fingerprint density at radius 3 is 2.80 bits per heavy atom. The number of rotatable bonds is 7. The SMILES string of the molecule is CCCC(CC(=O)O)NC(=O)/C=C/c1cccc(Br)c1. The van der Waals surface area contributed by atoms with E-state index in [1.807, 2.05) is 31.2 Å². The number of hydrogen-bond donors (Lipinski definition) is 2. The van der Waals surface area contributed by atoms with E-state index in [4.69, 9.17) is 5.11 Å². The lowest BCUT2D eigenvalue weighted by Gasteiger charge is -2.14. The van der Waals surface area contributed by atoms with Crippen LogP contribution in [0.4, 0.5) is 0 Å². The van der Waals surface area contributed by atoms with Crippen molar-refractivity contribution in [3.05, 3.63) is 40.4 Å². The summed E-state index contributed by atoms with van der Waals surface area (Å²) in [4.78, 5) is 22.5. The second-order valence-electron chi connectivity index (χ2n) is 4.48. The van der Waals surface area contributed by atoms with Crippen LogP contribution in [0.5, 0.6) is 0 Å². The lowest BCUT2D eigenvalue weighted by Crippen LogP contribution is -2.35. The van der Waals surface area contributed by atoms with E-state index in [1.54, 1.807) is 6.08 Å². The summed E-state index contributed by atoms with van der Waals surface area (Å²) in [7, 11) is 0. The van der Waals surface area contributed by atoms with Gasteiger partial charge in [-0.3, -0.25) is 9.59 Å². The fourth-order valence-electron chi connectivity index (χ4n) is 1.82. The lowest BCUT2D eigenvalue weighted by atomic mass is 10.1. The molecule has 1 atom stereocenters. The highest BCUT2D eigenvalue weighted by Crippen LogP contribution is 2.12. The average Bonchev–Trinajstić information content (AvgIpc) is 2.36. The first-order chi connectivity index (χ1) is 9.51. The van der Waals surface area contributed by atoms with Gasteiger partial charge in [-0.05, 0) is 30.2 Å². The molecule has 0 heterocycles. The minimum absolute atomic E-state index is 0.0513. The number of amides is 1. The third kappa shape index (κ3) is 6.52. The smallest absolute Gasteiger partial charge is 0.305 e. The van der Waals surface area contributed by atoms with Gasteiger partial charge in [0.1, 0.15) is 0 Å². The predicted octanol–water partition coefficient (Wildman–Crippen LogP) is 3.22. The lowest BCUT2D eigenvalue weighted by molar-refractivity contribution is -0.137. The summed E-state index contributed by atoms with van der Waals surface area (Å²) in [6.45, 7) is 1.96. The summed E-state index contributed by atoms with van der Waals surface area (Å²) >= 11 is 3.36. The zero-order chi connectivity index (χ0) is 15.0. The van der Waals surface area contributed by atoms with Gasteiger partial charge in [0.15, 0.2) is 0 Å². The Kier molecular flexibility index (Phi) is 7.01. The zero-order valence-electron chi connectivity index (χ0n) is 11.3. The molecular formula is C15H18BrNO3. The van der Waals surface area contributed by atoms with E-state index >= 15 is 0 Å². The van der Waals surface area contributed by atoms with Crippen molar-refractivity contribution in [3.8, 4) is 0 Å². The number of carbonyl (C=O) groups is 2. The van der Waals surface area contributed by atoms with Crippen LogP contribution in [0, 0.1) is 0 Å². The van der Waals surface area contributed by atoms with Gasteiger partial charge in [-0.2, -0.15) is 0 Å². The molecule has 0 bridgehead atoms. The summed E-state index contributed by atoms with van der Waals surface area (Å²) in [6, 6.07) is 7.24. The maximum absolute atomic E-state index is 11.8. The van der Waals surface area contributed by atoms with Crippen LogP contribution in [0.1, 0.15) is 31.7 Å². The van der Waals surface area contributed by atoms with Crippen LogP contribution in [-0.4, -0.2) is 23.0 Å². The molecule has 20 heavy (non-hydrogen) atoms. The van der Waals surface area contributed by atoms with Gasteiger partial charge in [0.2, 0.25) is 5.91 Å². The number of halogens is 1. The van der Waals surface area contributed by atoms with Crippen molar-refractivity contribution in [2.75, 3.05) is 0 Å². The van der Waals surface area contributed by atoms with Crippen LogP contribution in [0.2, 0.25) is 0 Å². The van der Waals surface area contributed by atoms with Gasteiger partial charge in [0, 0.05) is 16.6 Å². The van der Waals surface area contributed by atoms with E-state index < -0.39 is 5.97 Å². The van der Waals surface area contributed by atoms with Crippen LogP contribution >= 0.6 is 15.9 Å². The third-order valence-corrected chi connectivity index (χ3v) is 3.17. The molecule has 0 aliphatic carbocycles. The Bertz CT molecular complexity index is 500. The second-order valence-corrected chi connectivity index (χ2v) is 5.40. The van der Waals surface area contributed by atoms with Crippen molar-refractivity contribution in [2.24, 2.45) is 0 Å². The topological polar surface area (TPSA) is 66.4 Å². The van der Waals surface area contributed by atoms with E-state index in [0.29, 0.717) is 6.42 Å². The molecule has 0 radical (unpaired) electrons. The van der Waals surface area contributed by atoms with Crippen molar-refractivity contribution in [2.45, 2.75) is 32.2 Å². The summed E-state index contributed by atoms with van der Waals surface area (Å²) in [6.07, 6.45) is 4.55. The largest absolute Gasteiger partial charge is 0.481 e. The molecule has 0 spiro atoms. The Hall–Kier alpha value is -1.62. The Morgan fingerprint density at radius 2 is 2.20 bits per heavy atom. The van der Waals surface area contributed by atoms with E-state index in [1.165, 1.54) is 6.08 Å². The maximum Gasteiger partial charge on any atom is 0.305 e. The molecule has 0 saturated heterocycles. The molecule has 0 aliphatic rings. The summed E-state index contributed by atoms with van der Waals surface area (Å²) < 4.78 is 0.940. The molecule has 1 unspecified atom stereocenters. The van der Waals surface area contributed by atoms with E-state index in [0.717, 1.165) is 16.5 Å². The summed E-state index contributed by atoms with van der Waals surface area (Å²) in [5, 5.41) is 11.5. The first-order valence-electron chi connectivity index (χ1n) is 6.47. The highest BCUT2D eigenvalue weighted by molar-refractivity contribution is 9.10. The third-order valence-electron chi connectivity index (χ3n) is 2.68. The van der Waals surface area contributed by atoms with Crippen LogP contribution in [0.15, 0.2) is 34.8 Å². The highest BCUT2D eigenvalue weighted by atomic mass is 79.9. The van der Waals surface area contributed by atoms with Crippen molar-refractivity contribution < 1.29 is 14.7 Å². The number of nitrogens with one attached hydrogen (secondary N) is 1. The molecule has 1 amide bonds. The van der Waals surface area contributed by atoms with Gasteiger partial charge in [0.05, 0.1) is 6.42 Å². The Morgan fingerprint density at radius 1 is 1.45 bits per heavy atom. The first-order valence-corrected chi connectivity index (χ1v) is 7.26. The molecule has 0 aliphatic heterocycles. The van der Waals surface area contributed by atoms with Crippen LogP contribution < -0.4 is 5.32 Å². The Balaban J connectivity index is 2.58. The number of benzene rings is 1. The number of hydrogen-bond acceptors (Lipinski definition) is 2. The fourth-order valence-corrected chi connectivity index (χ4v) is 2.23. The summed E-state index contributed by atoms with van der Waals surface area (Å²) in [5.41, 5.74) is 0.903. The molecule has 1 rings (SSSR count). The van der Waals surface area contributed by atoms with Crippen molar-refractivity contribution in [1.82, 2.24) is 5.32 Å². The van der Waals surface area contributed by atoms with E-state index in [-0.39, 0.29) is 18.4 Å². The Labute approximate surface area is 127 Å². The van der Waals surface area contributed by atoms with E-state index in [2.05, 4.69) is 21.2 Å². The maximum atomic E-state index is 11.8. The van der Waals surface area contributed by atoms with E-state index in [9.17, 15) is 9.59 Å². The minimum Gasteiger partial charge on any atom is -0.481 e. The van der Waals surface area contributed by atoms with Gasteiger partial charge >= 0.3 is 5.97 Å². The molecule has 1 aromatic rings. The van der Waals surface area contributed by atoms with Gasteiger partial charge in [-0.1, -0.05) is 41.4 Å². The number of carboxylic acids is 1. The number of aliphatic carboxylic acids is 1. The summed E-state index contributed by atoms with van der Waals surface area (Å²) in [5.74, 6) is -1.18. The molecule has 108 valence electrons. The molecule has 5 heteroatoms. The van der Waals surface area contributed by atoms with Crippen molar-refractivity contribution in [1.29, 1.82) is 0 Å². The van der Waals surface area contributed by atoms with Gasteiger partial charge in [-0.25, -0.2) is 0 Å². The van der Waals surface area contributed by atoms with Gasteiger partial charge < -0.3 is 10.4 Å². The number of carbonyl (C=O) groups excluding carboxylic acids is 1. The predicted molar refractivity (Wildman–Crippen MR) is 82.3 cm³/mol. The number of carboxylic acid groups (broad SMARTS) is 1. The van der Waals surface area contributed by atoms with Crippen molar-refractivity contribution in [3.63, 3.8) is 0 Å². The zero-order valence-corrected chi connectivity index (χ0v) is 12.9. The quantitative estimate of drug-likeness (QED) is 0.749. The monoisotopic (exact) mass is 339 g/mol. The minimum atomic E-state index is -0.903. The standard InChI is InChI=1S/C15H18BrNO3/c1-2-4-13(10-15(19)20)17-14(18)8-7-11-5-3-6-12(16)9-11/h3,5-9,13H,2,4,10H2,1H3,(H,17,18)(H,19,20)/b8-7+. The molecule has 2 N–H and O–H groups in total. The van der Waals surface area contributed by atoms with Crippen LogP contribution in [0.25, 0.3) is 6.08 Å². The molecule has 0 aromatic heterocycles. The molecule has 1 aromatic carbocycles. The van der Waals surface area contributed by atoms with Crippen LogP contribution in [-0.2, 0) is 9.59 Å². The van der Waals surface area contributed by atoms with Crippen LogP contribution in [0.3, 0.4) is 0 Å². The fraction of sp³-hybridized carbons (Fsp3) is 0.333. The van der Waals surface area contributed by atoms with Gasteiger partial charge in [0.25, 0.3) is 0 Å². The van der Waals surface area contributed by atoms with Gasteiger partial charge in [-0.15, -0.1) is 0 Å². The molecule has 0 saturated carbocycles. The van der Waals surface area contributed by atoms with Crippen molar-refractivity contribution >= 4 is 33.9 Å². The highest BCUT2D eigenvalue weighted by Gasteiger charge is 2.13.